The molecular weight excluding hydrogens is 188 g/mol. The molecule has 84 valence electrons. The average Bonchev–Trinajstić information content (AvgIpc) is 2.14. The number of aliphatic hydroxyl groups excluding tert-OH is 1. The molecule has 0 saturated carbocycles. The Morgan fingerprint density at radius 3 is 1.86 bits per heavy atom. The lowest BCUT2D eigenvalue weighted by Gasteiger charge is -2.05. The van der Waals surface area contributed by atoms with Crippen molar-refractivity contribution < 1.29 is 24.9 Å². The summed E-state index contributed by atoms with van der Waals surface area (Å²) in [6.07, 6.45) is 0.787. The minimum absolute atomic E-state index is 0.205. The smallest absolute Gasteiger partial charge is 0.0931 e. The maximum atomic E-state index is 9.65. The molecule has 0 aliphatic heterocycles. The number of rotatable bonds is 5. The Morgan fingerprint density at radius 2 is 1.79 bits per heavy atom. The molecule has 0 radical (unpaired) electrons. The zero-order valence-corrected chi connectivity index (χ0v) is 8.49. The summed E-state index contributed by atoms with van der Waals surface area (Å²) in [5.74, 6) is -2.34. The quantitative estimate of drug-likeness (QED) is 0.583. The van der Waals surface area contributed by atoms with Crippen LogP contribution in [-0.4, -0.2) is 23.1 Å². The van der Waals surface area contributed by atoms with Crippen molar-refractivity contribution in [3.8, 4) is 0 Å². The second-order valence-electron chi connectivity index (χ2n) is 2.72. The molecule has 1 atom stereocenters. The number of aliphatic carboxylic acids is 2. The van der Waals surface area contributed by atoms with Crippen LogP contribution in [0.5, 0.6) is 0 Å². The summed E-state index contributed by atoms with van der Waals surface area (Å²) in [5, 5.41) is 27.5. The van der Waals surface area contributed by atoms with Crippen molar-refractivity contribution in [3.05, 3.63) is 0 Å². The van der Waals surface area contributed by atoms with E-state index in [-0.39, 0.29) is 12.8 Å². The first-order chi connectivity index (χ1) is 6.45. The molecule has 0 bridgehead atoms. The topological polar surface area (TPSA) is 100 Å². The third-order valence-electron chi connectivity index (χ3n) is 1.39. The van der Waals surface area contributed by atoms with Crippen molar-refractivity contribution in [2.45, 2.75) is 45.6 Å². The minimum atomic E-state index is -1.40. The van der Waals surface area contributed by atoms with Crippen LogP contribution in [0.25, 0.3) is 0 Å². The predicted molar refractivity (Wildman–Crippen MR) is 45.8 cm³/mol. The van der Waals surface area contributed by atoms with Crippen molar-refractivity contribution in [2.75, 3.05) is 0 Å². The third-order valence-corrected chi connectivity index (χ3v) is 1.39. The van der Waals surface area contributed by atoms with E-state index < -0.39 is 18.0 Å². The first-order valence-electron chi connectivity index (χ1n) is 4.54. The molecule has 0 heterocycles. The lowest BCUT2D eigenvalue weighted by molar-refractivity contribution is -0.315. The molecule has 0 saturated heterocycles. The molecule has 0 aromatic rings. The first-order valence-corrected chi connectivity index (χ1v) is 4.54. The fourth-order valence-corrected chi connectivity index (χ4v) is 0.488. The van der Waals surface area contributed by atoms with E-state index in [4.69, 9.17) is 5.11 Å². The molecule has 5 heteroatoms. The van der Waals surface area contributed by atoms with Crippen LogP contribution < -0.4 is 10.2 Å². The first kappa shape index (κ1) is 15.4. The summed E-state index contributed by atoms with van der Waals surface area (Å²) in [6.45, 7) is 3.52. The summed E-state index contributed by atoms with van der Waals surface area (Å²) in [6, 6.07) is 0. The molecule has 5 nitrogen and oxygen atoms in total. The third kappa shape index (κ3) is 13.5. The Labute approximate surface area is 83.4 Å². The zero-order chi connectivity index (χ0) is 11.6. The Morgan fingerprint density at radius 1 is 1.29 bits per heavy atom. The van der Waals surface area contributed by atoms with Crippen molar-refractivity contribution in [1.82, 2.24) is 0 Å². The zero-order valence-electron chi connectivity index (χ0n) is 8.49. The van der Waals surface area contributed by atoms with Gasteiger partial charge in [-0.2, -0.15) is 0 Å². The van der Waals surface area contributed by atoms with E-state index in [9.17, 15) is 19.8 Å². The van der Waals surface area contributed by atoms with E-state index >= 15 is 0 Å². The Balaban J connectivity index is 0. The van der Waals surface area contributed by atoms with Crippen LogP contribution in [0.3, 0.4) is 0 Å². The SMILES string of the molecule is CCC(O)C(=O)[O-].CCCCC(=O)[O-]. The maximum Gasteiger partial charge on any atom is 0.0931 e. The summed E-state index contributed by atoms with van der Waals surface area (Å²) in [4.78, 5) is 19.2. The standard InChI is InChI=1S/C5H10O2.C4H8O3/c1-2-3-4-5(6)7;1-2-3(5)4(6)7/h2-4H2,1H3,(H,6,7);3,5H,2H2,1H3,(H,6,7)/p-2. The van der Waals surface area contributed by atoms with Gasteiger partial charge in [-0.1, -0.05) is 20.3 Å². The van der Waals surface area contributed by atoms with E-state index in [1.807, 2.05) is 6.92 Å². The predicted octanol–water partition coefficient (Wildman–Crippen LogP) is -1.57. The van der Waals surface area contributed by atoms with E-state index in [1.54, 1.807) is 6.92 Å². The number of carboxylic acids is 2. The van der Waals surface area contributed by atoms with Gasteiger partial charge >= 0.3 is 0 Å². The summed E-state index contributed by atoms with van der Waals surface area (Å²) in [7, 11) is 0. The van der Waals surface area contributed by atoms with E-state index in [1.165, 1.54) is 0 Å². The number of hydrogen-bond donors (Lipinski definition) is 1. The van der Waals surface area contributed by atoms with Gasteiger partial charge in [-0.25, -0.2) is 0 Å². The highest BCUT2D eigenvalue weighted by molar-refractivity contribution is 5.69. The average molecular weight is 204 g/mol. The lowest BCUT2D eigenvalue weighted by atomic mass is 10.3. The van der Waals surface area contributed by atoms with Gasteiger partial charge < -0.3 is 24.9 Å². The van der Waals surface area contributed by atoms with Crippen molar-refractivity contribution in [2.24, 2.45) is 0 Å². The van der Waals surface area contributed by atoms with Crippen molar-refractivity contribution in [3.63, 3.8) is 0 Å². The minimum Gasteiger partial charge on any atom is -0.550 e. The van der Waals surface area contributed by atoms with Crippen molar-refractivity contribution in [1.29, 1.82) is 0 Å². The van der Waals surface area contributed by atoms with Crippen LogP contribution >= 0.6 is 0 Å². The highest BCUT2D eigenvalue weighted by atomic mass is 16.4. The number of hydrogen-bond acceptors (Lipinski definition) is 5. The molecule has 0 aromatic carbocycles. The Kier molecular flexibility index (Phi) is 11.0. The maximum absolute atomic E-state index is 9.65. The normalized spacial score (nSPS) is 11.1. The molecule has 0 aromatic heterocycles. The molecule has 1 unspecified atom stereocenters. The molecule has 0 amide bonds. The number of unbranched alkanes of at least 4 members (excludes halogenated alkanes) is 1. The van der Waals surface area contributed by atoms with Crippen LogP contribution in [0.1, 0.15) is 39.5 Å². The van der Waals surface area contributed by atoms with E-state index in [2.05, 4.69) is 0 Å². The van der Waals surface area contributed by atoms with Crippen molar-refractivity contribution >= 4 is 11.9 Å². The monoisotopic (exact) mass is 204 g/mol. The van der Waals surface area contributed by atoms with Gasteiger partial charge in [0.25, 0.3) is 0 Å². The van der Waals surface area contributed by atoms with Gasteiger partial charge in [0, 0.05) is 5.97 Å². The van der Waals surface area contributed by atoms with Crippen LogP contribution in [0.15, 0.2) is 0 Å². The molecule has 1 N–H and O–H groups in total. The fraction of sp³-hybridized carbons (Fsp3) is 0.778. The van der Waals surface area contributed by atoms with Crippen LogP contribution in [-0.2, 0) is 9.59 Å². The van der Waals surface area contributed by atoms with Crippen LogP contribution in [0, 0.1) is 0 Å². The number of carbonyl (C=O) groups is 2. The van der Waals surface area contributed by atoms with Gasteiger partial charge in [-0.05, 0) is 19.3 Å². The van der Waals surface area contributed by atoms with Crippen LogP contribution in [0.2, 0.25) is 0 Å². The van der Waals surface area contributed by atoms with Gasteiger partial charge in [0.1, 0.15) is 0 Å². The Bertz CT molecular complexity index is 167. The number of aliphatic hydroxyl groups is 1. The van der Waals surface area contributed by atoms with Crippen LogP contribution in [0.4, 0.5) is 0 Å². The summed E-state index contributed by atoms with van der Waals surface area (Å²) >= 11 is 0. The molecule has 0 spiro atoms. The number of carboxylic acid groups (broad SMARTS) is 2. The van der Waals surface area contributed by atoms with Gasteiger partial charge in [-0.15, -0.1) is 0 Å². The fourth-order valence-electron chi connectivity index (χ4n) is 0.488. The van der Waals surface area contributed by atoms with Gasteiger partial charge in [-0.3, -0.25) is 0 Å². The number of carbonyl (C=O) groups excluding carboxylic acids is 2. The van der Waals surface area contributed by atoms with E-state index in [0.717, 1.165) is 12.8 Å². The molecule has 0 aliphatic carbocycles. The summed E-state index contributed by atoms with van der Waals surface area (Å²) < 4.78 is 0. The second kappa shape index (κ2) is 9.98. The lowest BCUT2D eigenvalue weighted by Crippen LogP contribution is -2.34. The summed E-state index contributed by atoms with van der Waals surface area (Å²) in [5.41, 5.74) is 0. The van der Waals surface area contributed by atoms with Gasteiger partial charge in [0.05, 0.1) is 12.1 Å². The van der Waals surface area contributed by atoms with E-state index in [0.29, 0.717) is 0 Å². The Hall–Kier alpha value is -1.10. The highest BCUT2D eigenvalue weighted by Crippen LogP contribution is 1.89. The molecule has 0 fully saturated rings. The molecular formula is C9H16O5-2. The molecule has 0 rings (SSSR count). The van der Waals surface area contributed by atoms with Gasteiger partial charge in [0.15, 0.2) is 0 Å². The highest BCUT2D eigenvalue weighted by Gasteiger charge is 1.96. The molecule has 0 aliphatic rings. The largest absolute Gasteiger partial charge is 0.550 e. The second-order valence-corrected chi connectivity index (χ2v) is 2.72. The molecule has 14 heavy (non-hydrogen) atoms. The van der Waals surface area contributed by atoms with Gasteiger partial charge in [0.2, 0.25) is 0 Å².